The number of rotatable bonds is 0. The van der Waals surface area contributed by atoms with Crippen molar-refractivity contribution in [3.05, 3.63) is 35.4 Å². The van der Waals surface area contributed by atoms with Gasteiger partial charge in [0.05, 0.1) is 0 Å². The maximum atomic E-state index is 11.3. The monoisotopic (exact) mass is 278 g/mol. The number of hydrogen-bond donors (Lipinski definition) is 0. The summed E-state index contributed by atoms with van der Waals surface area (Å²) in [6.45, 7) is 13.0. The van der Waals surface area contributed by atoms with Crippen LogP contribution in [0.2, 0.25) is 0 Å². The molecule has 1 aromatic carbocycles. The van der Waals surface area contributed by atoms with E-state index in [-0.39, 0.29) is 10.3 Å². The molecule has 0 saturated carbocycles. The molecule has 1 aromatic rings. The number of ketones is 1. The van der Waals surface area contributed by atoms with Gasteiger partial charge in [0.25, 0.3) is 0 Å². The van der Waals surface area contributed by atoms with Crippen LogP contribution in [0.25, 0.3) is 0 Å². The predicted molar refractivity (Wildman–Crippen MR) is 86.6 cm³/mol. The summed E-state index contributed by atoms with van der Waals surface area (Å²) in [5.41, 5.74) is 2.74. The van der Waals surface area contributed by atoms with Crippen LogP contribution < -0.4 is 0 Å². The van der Waals surface area contributed by atoms with Gasteiger partial charge in [0.1, 0.15) is 5.78 Å². The summed E-state index contributed by atoms with van der Waals surface area (Å²) in [5, 5.41) is 0.525. The molecular weight excluding hydrogens is 251 g/mol. The van der Waals surface area contributed by atoms with Gasteiger partial charge in [0.2, 0.25) is 0 Å². The normalized spacial score (nSPS) is 20.4. The molecule has 0 aliphatic carbocycles. The Morgan fingerprint density at radius 2 is 1.26 bits per heavy atom. The number of carbonyl (C=O) groups excluding carboxylic acids is 1. The van der Waals surface area contributed by atoms with Crippen molar-refractivity contribution < 1.29 is 4.79 Å². The van der Waals surface area contributed by atoms with Gasteiger partial charge in [-0.2, -0.15) is 0 Å². The fraction of sp³-hybridized carbons (Fsp3) is 0.588. The minimum atomic E-state index is 0.263. The fourth-order valence-corrected chi connectivity index (χ4v) is 5.12. The third kappa shape index (κ3) is 5.87. The first kappa shape index (κ1) is 16.4. The van der Waals surface area contributed by atoms with Crippen LogP contribution in [0.4, 0.5) is 0 Å². The summed E-state index contributed by atoms with van der Waals surface area (Å²) in [4.78, 5) is 11.3. The van der Waals surface area contributed by atoms with Gasteiger partial charge in [-0.3, -0.25) is 4.79 Å². The molecule has 1 aliphatic rings. The van der Waals surface area contributed by atoms with Gasteiger partial charge in [-0.15, -0.1) is 8.58 Å². The summed E-state index contributed by atoms with van der Waals surface area (Å²) in [6, 6.07) is 8.36. The van der Waals surface area contributed by atoms with Crippen molar-refractivity contribution in [1.82, 2.24) is 0 Å². The first-order chi connectivity index (χ1) is 8.61. The zero-order valence-electron chi connectivity index (χ0n) is 13.1. The smallest absolute Gasteiger partial charge is 0.134 e. The molecule has 0 amide bonds. The molecule has 2 heteroatoms. The summed E-state index contributed by atoms with van der Waals surface area (Å²) in [7, 11) is 0.920. The lowest BCUT2D eigenvalue weighted by Crippen LogP contribution is -2.34. The van der Waals surface area contributed by atoms with Crippen molar-refractivity contribution in [2.45, 2.75) is 64.7 Å². The summed E-state index contributed by atoms with van der Waals surface area (Å²) >= 11 is 0. The molecule has 0 aromatic heterocycles. The Labute approximate surface area is 120 Å². The second-order valence-corrected chi connectivity index (χ2v) is 9.83. The highest BCUT2D eigenvalue weighted by Gasteiger charge is 2.37. The lowest BCUT2D eigenvalue weighted by molar-refractivity contribution is -0.120. The molecule has 19 heavy (non-hydrogen) atoms. The van der Waals surface area contributed by atoms with E-state index < -0.39 is 0 Å². The van der Waals surface area contributed by atoms with E-state index in [9.17, 15) is 4.79 Å². The Bertz CT molecular complexity index is 407. The number of Topliss-reactive ketones (excluding diaryl/α,β-unsaturated/α-hetero) is 1. The quantitative estimate of drug-likeness (QED) is 0.618. The Balaban J connectivity index is 0.000000200. The average molecular weight is 278 g/mol. The van der Waals surface area contributed by atoms with Crippen molar-refractivity contribution >= 4 is 14.4 Å². The van der Waals surface area contributed by atoms with E-state index in [1.807, 2.05) is 0 Å². The van der Waals surface area contributed by atoms with Gasteiger partial charge in [-0.1, -0.05) is 52.0 Å². The van der Waals surface area contributed by atoms with E-state index in [0.717, 1.165) is 21.4 Å². The molecule has 1 aliphatic heterocycles. The molecule has 0 spiro atoms. The molecule has 0 bridgehead atoms. The number of aryl methyl sites for hydroxylation is 2. The van der Waals surface area contributed by atoms with Crippen LogP contribution in [0.1, 0.15) is 51.7 Å². The van der Waals surface area contributed by atoms with Crippen LogP contribution in [0, 0.1) is 13.8 Å². The van der Waals surface area contributed by atoms with E-state index in [0.29, 0.717) is 5.78 Å². The lowest BCUT2D eigenvalue weighted by Gasteiger charge is -2.39. The van der Waals surface area contributed by atoms with E-state index in [1.165, 1.54) is 11.1 Å². The van der Waals surface area contributed by atoms with E-state index in [2.05, 4.69) is 65.8 Å². The molecule has 0 radical (unpaired) electrons. The summed E-state index contributed by atoms with van der Waals surface area (Å²) < 4.78 is 0. The largest absolute Gasteiger partial charge is 0.300 e. The number of carbonyl (C=O) groups is 1. The Hall–Kier alpha value is -0.680. The molecule has 1 nitrogen and oxygen atoms in total. The molecule has 0 atom stereocenters. The summed E-state index contributed by atoms with van der Waals surface area (Å²) in [5.74, 6) is 0.443. The Morgan fingerprint density at radius 3 is 1.53 bits per heavy atom. The third-order valence-corrected chi connectivity index (χ3v) is 5.09. The SMILES string of the molecule is CC1(C)CC(=O)CC(C)(C)P1.Cc1ccccc1C. The lowest BCUT2D eigenvalue weighted by atomic mass is 9.97. The second kappa shape index (κ2) is 6.18. The van der Waals surface area contributed by atoms with Crippen LogP contribution >= 0.6 is 8.58 Å². The highest BCUT2D eigenvalue weighted by Crippen LogP contribution is 2.50. The average Bonchev–Trinajstić information content (AvgIpc) is 2.17. The molecule has 0 N–H and O–H groups in total. The van der Waals surface area contributed by atoms with Gasteiger partial charge in [-0.25, -0.2) is 0 Å². The van der Waals surface area contributed by atoms with Crippen LogP contribution in [-0.4, -0.2) is 16.1 Å². The first-order valence-electron chi connectivity index (χ1n) is 6.95. The van der Waals surface area contributed by atoms with Gasteiger partial charge >= 0.3 is 0 Å². The van der Waals surface area contributed by atoms with Crippen molar-refractivity contribution in [2.24, 2.45) is 0 Å². The predicted octanol–water partition coefficient (Wildman–Crippen LogP) is 4.89. The van der Waals surface area contributed by atoms with Gasteiger partial charge in [0, 0.05) is 12.8 Å². The highest BCUT2D eigenvalue weighted by molar-refractivity contribution is 7.42. The minimum Gasteiger partial charge on any atom is -0.300 e. The van der Waals surface area contributed by atoms with Crippen molar-refractivity contribution in [3.8, 4) is 0 Å². The third-order valence-electron chi connectivity index (χ3n) is 3.38. The van der Waals surface area contributed by atoms with Crippen LogP contribution in [0.15, 0.2) is 24.3 Å². The van der Waals surface area contributed by atoms with Gasteiger partial charge in [-0.05, 0) is 35.3 Å². The van der Waals surface area contributed by atoms with Crippen molar-refractivity contribution in [1.29, 1.82) is 0 Å². The van der Waals surface area contributed by atoms with Crippen LogP contribution in [0.3, 0.4) is 0 Å². The van der Waals surface area contributed by atoms with E-state index >= 15 is 0 Å². The van der Waals surface area contributed by atoms with E-state index in [4.69, 9.17) is 0 Å². The summed E-state index contributed by atoms with van der Waals surface area (Å²) in [6.07, 6.45) is 1.57. The molecule has 2 rings (SSSR count). The first-order valence-corrected chi connectivity index (χ1v) is 7.95. The molecule has 0 unspecified atom stereocenters. The van der Waals surface area contributed by atoms with Gasteiger partial charge < -0.3 is 0 Å². The maximum absolute atomic E-state index is 11.3. The standard InChI is InChI=1S/C9H17OP.C8H10/c1-8(2)5-7(10)6-9(3,4)11-8;1-7-5-3-4-6-8(7)2/h11H,5-6H2,1-4H3;3-6H,1-2H3. The van der Waals surface area contributed by atoms with Crippen molar-refractivity contribution in [3.63, 3.8) is 0 Å². The zero-order chi connectivity index (χ0) is 14.7. The molecule has 1 heterocycles. The molecular formula is C17H27OP. The topological polar surface area (TPSA) is 17.1 Å². The molecule has 106 valence electrons. The molecule has 1 saturated heterocycles. The van der Waals surface area contributed by atoms with Gasteiger partial charge in [0.15, 0.2) is 0 Å². The Morgan fingerprint density at radius 1 is 0.895 bits per heavy atom. The second-order valence-electron chi connectivity index (χ2n) is 6.87. The van der Waals surface area contributed by atoms with Crippen LogP contribution in [0.5, 0.6) is 0 Å². The Kier molecular flexibility index (Phi) is 5.33. The molecule has 1 fully saturated rings. The van der Waals surface area contributed by atoms with Crippen molar-refractivity contribution in [2.75, 3.05) is 0 Å². The number of hydrogen-bond acceptors (Lipinski definition) is 1. The zero-order valence-corrected chi connectivity index (χ0v) is 14.1. The minimum absolute atomic E-state index is 0.263. The number of benzene rings is 1. The fourth-order valence-electron chi connectivity index (χ4n) is 2.72. The maximum Gasteiger partial charge on any atom is 0.134 e. The van der Waals surface area contributed by atoms with E-state index in [1.54, 1.807) is 0 Å². The highest BCUT2D eigenvalue weighted by atomic mass is 31.1. The van der Waals surface area contributed by atoms with Crippen LogP contribution in [-0.2, 0) is 4.79 Å².